The van der Waals surface area contributed by atoms with Crippen molar-refractivity contribution >= 4 is 7.82 Å². The second-order valence-electron chi connectivity index (χ2n) is 3.04. The summed E-state index contributed by atoms with van der Waals surface area (Å²) in [7, 11) is -4.55. The Labute approximate surface area is 80.5 Å². The number of aliphatic hydroxyl groups excluding tert-OH is 2. The fraction of sp³-hybridized carbons (Fsp3) is 1.00. The van der Waals surface area contributed by atoms with Gasteiger partial charge in [-0.3, -0.25) is 4.52 Å². The van der Waals surface area contributed by atoms with Crippen molar-refractivity contribution in [3.05, 3.63) is 0 Å². The van der Waals surface area contributed by atoms with Gasteiger partial charge in [-0.1, -0.05) is 0 Å². The highest BCUT2D eigenvalue weighted by Gasteiger charge is 2.33. The van der Waals surface area contributed by atoms with E-state index in [0.717, 1.165) is 0 Å². The number of phosphoric ester groups is 1. The molecule has 14 heavy (non-hydrogen) atoms. The van der Waals surface area contributed by atoms with Gasteiger partial charge in [-0.05, 0) is 6.42 Å². The summed E-state index contributed by atoms with van der Waals surface area (Å²) in [6.07, 6.45) is -2.70. The van der Waals surface area contributed by atoms with Crippen molar-refractivity contribution in [2.24, 2.45) is 0 Å². The van der Waals surface area contributed by atoms with Crippen LogP contribution in [0.1, 0.15) is 6.42 Å². The Hall–Kier alpha value is -0.0100. The fourth-order valence-electron chi connectivity index (χ4n) is 1.17. The number of aliphatic hydroxyl groups is 2. The first-order chi connectivity index (χ1) is 6.40. The van der Waals surface area contributed by atoms with E-state index in [4.69, 9.17) is 14.5 Å². The zero-order valence-corrected chi connectivity index (χ0v) is 8.21. The average molecular weight is 228 g/mol. The van der Waals surface area contributed by atoms with Gasteiger partial charge >= 0.3 is 7.82 Å². The monoisotopic (exact) mass is 228 g/mol. The summed E-state index contributed by atoms with van der Waals surface area (Å²) < 4.78 is 19.5. The van der Waals surface area contributed by atoms with Gasteiger partial charge in [0.05, 0.1) is 12.7 Å². The molecule has 1 fully saturated rings. The maximum absolute atomic E-state index is 10.3. The van der Waals surface area contributed by atoms with Crippen LogP contribution in [0.25, 0.3) is 0 Å². The van der Waals surface area contributed by atoms with Gasteiger partial charge in [0.25, 0.3) is 0 Å². The molecule has 1 rings (SSSR count). The van der Waals surface area contributed by atoms with Crippen molar-refractivity contribution in [1.29, 1.82) is 0 Å². The molecule has 84 valence electrons. The lowest BCUT2D eigenvalue weighted by atomic mass is 10.0. The molecule has 0 radical (unpaired) electrons. The van der Waals surface area contributed by atoms with Crippen LogP contribution >= 0.6 is 7.82 Å². The van der Waals surface area contributed by atoms with E-state index in [0.29, 0.717) is 6.42 Å². The maximum Gasteiger partial charge on any atom is 0.469 e. The van der Waals surface area contributed by atoms with E-state index in [-0.39, 0.29) is 6.61 Å². The third-order valence-corrected chi connectivity index (χ3v) is 2.41. The molecule has 0 bridgehead atoms. The van der Waals surface area contributed by atoms with Crippen molar-refractivity contribution in [3.63, 3.8) is 0 Å². The summed E-state index contributed by atoms with van der Waals surface area (Å²) in [4.78, 5) is 16.8. The Balaban J connectivity index is 2.40. The first kappa shape index (κ1) is 12.1. The molecule has 1 aliphatic rings. The van der Waals surface area contributed by atoms with E-state index in [1.165, 1.54) is 0 Å². The lowest BCUT2D eigenvalue weighted by Gasteiger charge is -2.31. The summed E-state index contributed by atoms with van der Waals surface area (Å²) in [6.45, 7) is -0.212. The van der Waals surface area contributed by atoms with Gasteiger partial charge in [0.1, 0.15) is 12.2 Å². The van der Waals surface area contributed by atoms with E-state index in [9.17, 15) is 14.8 Å². The third-order valence-electron chi connectivity index (χ3n) is 1.93. The molecule has 0 spiro atoms. The number of hydrogen-bond acceptors (Lipinski definition) is 5. The van der Waals surface area contributed by atoms with E-state index >= 15 is 0 Å². The largest absolute Gasteiger partial charge is 0.469 e. The van der Waals surface area contributed by atoms with Crippen LogP contribution in [0.5, 0.6) is 0 Å². The number of rotatable bonds is 3. The molecule has 0 aromatic heterocycles. The molecule has 3 atom stereocenters. The van der Waals surface area contributed by atoms with Crippen LogP contribution in [0.15, 0.2) is 0 Å². The predicted octanol–water partition coefficient (Wildman–Crippen LogP) is -1.39. The van der Waals surface area contributed by atoms with Crippen LogP contribution in [0.3, 0.4) is 0 Å². The fourth-order valence-corrected chi connectivity index (χ4v) is 1.52. The molecule has 0 aromatic carbocycles. The lowest BCUT2D eigenvalue weighted by molar-refractivity contribution is -0.146. The Kier molecular flexibility index (Phi) is 4.03. The number of phosphoric acid groups is 1. The minimum Gasteiger partial charge on any atom is -0.390 e. The Morgan fingerprint density at radius 1 is 1.43 bits per heavy atom. The molecule has 1 aliphatic heterocycles. The average Bonchev–Trinajstić information content (AvgIpc) is 2.06. The van der Waals surface area contributed by atoms with Gasteiger partial charge in [0, 0.05) is 6.61 Å². The van der Waals surface area contributed by atoms with Crippen molar-refractivity contribution in [1.82, 2.24) is 0 Å². The zero-order chi connectivity index (χ0) is 10.8. The smallest absolute Gasteiger partial charge is 0.390 e. The van der Waals surface area contributed by atoms with Crippen molar-refractivity contribution in [2.45, 2.75) is 24.7 Å². The van der Waals surface area contributed by atoms with Gasteiger partial charge < -0.3 is 24.7 Å². The molecule has 7 nitrogen and oxygen atoms in total. The van der Waals surface area contributed by atoms with E-state index in [1.807, 2.05) is 0 Å². The first-order valence-corrected chi connectivity index (χ1v) is 5.61. The van der Waals surface area contributed by atoms with E-state index in [1.54, 1.807) is 0 Å². The van der Waals surface area contributed by atoms with E-state index < -0.39 is 32.7 Å². The van der Waals surface area contributed by atoms with Crippen LogP contribution in [0, 0.1) is 0 Å². The molecule has 1 unspecified atom stereocenters. The van der Waals surface area contributed by atoms with Gasteiger partial charge in [0.15, 0.2) is 0 Å². The molecular weight excluding hydrogens is 215 g/mol. The molecule has 0 aromatic rings. The summed E-state index contributed by atoms with van der Waals surface area (Å²) >= 11 is 0. The minimum absolute atomic E-state index is 0.230. The van der Waals surface area contributed by atoms with Crippen LogP contribution in [-0.4, -0.2) is 51.5 Å². The second-order valence-corrected chi connectivity index (χ2v) is 4.28. The standard InChI is InChI=1S/C6H13O7P/c7-4-1-2-12-5(6(4)8)3-13-14(9,10)11/h4-8H,1-3H2,(H2,9,10,11)/t4-,5-,6?/m1/s1. The molecular formula is C6H13O7P. The van der Waals surface area contributed by atoms with Crippen molar-refractivity contribution in [2.75, 3.05) is 13.2 Å². The second kappa shape index (κ2) is 4.67. The Bertz CT molecular complexity index is 226. The van der Waals surface area contributed by atoms with Crippen LogP contribution in [0.4, 0.5) is 0 Å². The summed E-state index contributed by atoms with van der Waals surface area (Å²) in [5, 5.41) is 18.5. The predicted molar refractivity (Wildman–Crippen MR) is 44.4 cm³/mol. The van der Waals surface area contributed by atoms with Gasteiger partial charge in [-0.2, -0.15) is 0 Å². The normalized spacial score (nSPS) is 34.4. The highest BCUT2D eigenvalue weighted by molar-refractivity contribution is 7.46. The molecule has 0 saturated carbocycles. The molecule has 1 heterocycles. The lowest BCUT2D eigenvalue weighted by Crippen LogP contribution is -2.46. The SMILES string of the molecule is O=P(O)(O)OC[C@H]1OCC[C@@H](O)C1O. The third kappa shape index (κ3) is 3.62. The molecule has 4 N–H and O–H groups in total. The number of hydrogen-bond donors (Lipinski definition) is 4. The first-order valence-electron chi connectivity index (χ1n) is 4.08. The Morgan fingerprint density at radius 2 is 2.07 bits per heavy atom. The van der Waals surface area contributed by atoms with Gasteiger partial charge in [0.2, 0.25) is 0 Å². The highest BCUT2D eigenvalue weighted by Crippen LogP contribution is 2.36. The summed E-state index contributed by atoms with van der Waals surface area (Å²) in [5.74, 6) is 0. The molecule has 0 amide bonds. The van der Waals surface area contributed by atoms with Gasteiger partial charge in [-0.25, -0.2) is 4.57 Å². The number of ether oxygens (including phenoxy) is 1. The minimum atomic E-state index is -4.55. The summed E-state index contributed by atoms with van der Waals surface area (Å²) in [6, 6.07) is 0. The van der Waals surface area contributed by atoms with Crippen LogP contribution in [0.2, 0.25) is 0 Å². The molecule has 0 aliphatic carbocycles. The topological polar surface area (TPSA) is 116 Å². The molecule has 8 heteroatoms. The quantitative estimate of drug-likeness (QED) is 0.439. The van der Waals surface area contributed by atoms with Crippen LogP contribution < -0.4 is 0 Å². The van der Waals surface area contributed by atoms with Crippen molar-refractivity contribution < 1.29 is 33.8 Å². The maximum atomic E-state index is 10.3. The zero-order valence-electron chi connectivity index (χ0n) is 7.31. The Morgan fingerprint density at radius 3 is 2.64 bits per heavy atom. The highest BCUT2D eigenvalue weighted by atomic mass is 31.2. The van der Waals surface area contributed by atoms with Gasteiger partial charge in [-0.15, -0.1) is 0 Å². The van der Waals surface area contributed by atoms with Crippen LogP contribution in [-0.2, 0) is 13.8 Å². The van der Waals surface area contributed by atoms with Crippen molar-refractivity contribution in [3.8, 4) is 0 Å². The van der Waals surface area contributed by atoms with E-state index in [2.05, 4.69) is 4.52 Å². The molecule has 1 saturated heterocycles. The summed E-state index contributed by atoms with van der Waals surface area (Å²) in [5.41, 5.74) is 0.